The lowest BCUT2D eigenvalue weighted by Gasteiger charge is -2.30. The topological polar surface area (TPSA) is 69.3 Å². The monoisotopic (exact) mass is 471 g/mol. The van der Waals surface area contributed by atoms with Crippen LogP contribution in [-0.2, 0) is 6.42 Å². The molecule has 3 N–H and O–H groups in total. The number of carbonyl (C=O) groups is 1. The fraction of sp³-hybridized carbons (Fsp3) is 0.333. The van der Waals surface area contributed by atoms with Gasteiger partial charge in [-0.1, -0.05) is 6.92 Å². The third-order valence-electron chi connectivity index (χ3n) is 6.85. The normalized spacial score (nSPS) is 18.5. The van der Waals surface area contributed by atoms with Crippen LogP contribution in [0.4, 0.5) is 11.4 Å². The van der Waals surface area contributed by atoms with E-state index >= 15 is 0 Å². The number of amides is 1. The molecule has 7 heteroatoms. The number of rotatable bonds is 3. The first-order valence-corrected chi connectivity index (χ1v) is 12.9. The van der Waals surface area contributed by atoms with Gasteiger partial charge in [0.1, 0.15) is 4.88 Å². The molecule has 0 bridgehead atoms. The Kier molecular flexibility index (Phi) is 5.38. The average molecular weight is 472 g/mol. The molecule has 0 saturated carbocycles. The van der Waals surface area contributed by atoms with Crippen molar-refractivity contribution in [3.8, 4) is 11.3 Å². The Morgan fingerprint density at radius 2 is 1.97 bits per heavy atom. The zero-order valence-electron chi connectivity index (χ0n) is 19.6. The number of hydrogen-bond donors (Lipinski definition) is 3. The number of hydrogen-bond acceptors (Lipinski definition) is 6. The highest BCUT2D eigenvalue weighted by atomic mass is 32.1. The van der Waals surface area contributed by atoms with Gasteiger partial charge < -0.3 is 20.9 Å². The summed E-state index contributed by atoms with van der Waals surface area (Å²) in [6.45, 7) is 9.03. The number of nitrogens with zero attached hydrogens (tertiary/aromatic N) is 2. The Bertz CT molecular complexity index is 1410. The highest BCUT2D eigenvalue weighted by molar-refractivity contribution is 7.21. The summed E-state index contributed by atoms with van der Waals surface area (Å²) in [4.78, 5) is 21.0. The summed E-state index contributed by atoms with van der Waals surface area (Å²) in [5.41, 5.74) is 6.65. The molecule has 1 saturated heterocycles. The third-order valence-corrected chi connectivity index (χ3v) is 8.01. The highest BCUT2D eigenvalue weighted by Crippen LogP contribution is 2.41. The van der Waals surface area contributed by atoms with Gasteiger partial charge >= 0.3 is 0 Å². The molecule has 4 heterocycles. The number of aryl methyl sites for hydroxylation is 1. The largest absolute Gasteiger partial charge is 0.381 e. The van der Waals surface area contributed by atoms with Crippen molar-refractivity contribution in [3.63, 3.8) is 0 Å². The van der Waals surface area contributed by atoms with Gasteiger partial charge in [0.2, 0.25) is 0 Å². The van der Waals surface area contributed by atoms with Crippen LogP contribution in [0.5, 0.6) is 0 Å². The first-order valence-electron chi connectivity index (χ1n) is 12.1. The smallest absolute Gasteiger partial charge is 0.263 e. The molecule has 4 aromatic rings. The third kappa shape index (κ3) is 3.69. The van der Waals surface area contributed by atoms with Crippen LogP contribution in [0.15, 0.2) is 42.5 Å². The SMILES string of the molecule is CCc1cc(-c2ccc3c(ccc4sc5c(c43)NCC(C)NC5=O)n2)cc(N2CCNCC2)c1. The van der Waals surface area contributed by atoms with E-state index in [0.717, 1.165) is 75.4 Å². The van der Waals surface area contributed by atoms with E-state index in [1.165, 1.54) is 11.3 Å². The molecule has 0 radical (unpaired) electrons. The van der Waals surface area contributed by atoms with Gasteiger partial charge in [-0.05, 0) is 61.4 Å². The highest BCUT2D eigenvalue weighted by Gasteiger charge is 2.25. The van der Waals surface area contributed by atoms with Crippen LogP contribution >= 0.6 is 11.3 Å². The minimum Gasteiger partial charge on any atom is -0.381 e. The molecule has 1 unspecified atom stereocenters. The molecule has 2 aliphatic heterocycles. The van der Waals surface area contributed by atoms with Crippen LogP contribution < -0.4 is 20.9 Å². The van der Waals surface area contributed by atoms with Gasteiger partial charge in [0.15, 0.2) is 0 Å². The Balaban J connectivity index is 1.46. The second kappa shape index (κ2) is 8.56. The van der Waals surface area contributed by atoms with Crippen LogP contribution in [0, 0.1) is 0 Å². The van der Waals surface area contributed by atoms with Crippen LogP contribution in [0.3, 0.4) is 0 Å². The van der Waals surface area contributed by atoms with Gasteiger partial charge in [-0.15, -0.1) is 11.3 Å². The first kappa shape index (κ1) is 21.4. The van der Waals surface area contributed by atoms with Crippen molar-refractivity contribution in [1.82, 2.24) is 15.6 Å². The number of aromatic nitrogens is 1. The summed E-state index contributed by atoms with van der Waals surface area (Å²) in [7, 11) is 0. The van der Waals surface area contributed by atoms with Gasteiger partial charge in [0.05, 0.1) is 16.9 Å². The van der Waals surface area contributed by atoms with Crippen molar-refractivity contribution in [2.45, 2.75) is 26.3 Å². The molecule has 174 valence electrons. The van der Waals surface area contributed by atoms with E-state index in [1.54, 1.807) is 11.3 Å². The molecule has 1 atom stereocenters. The van der Waals surface area contributed by atoms with Gasteiger partial charge in [-0.3, -0.25) is 4.79 Å². The molecule has 6 nitrogen and oxygen atoms in total. The van der Waals surface area contributed by atoms with Crippen molar-refractivity contribution < 1.29 is 4.79 Å². The van der Waals surface area contributed by atoms with E-state index in [0.29, 0.717) is 6.54 Å². The molecule has 2 aliphatic rings. The lowest BCUT2D eigenvalue weighted by molar-refractivity contribution is 0.0949. The molecule has 34 heavy (non-hydrogen) atoms. The molecule has 6 rings (SSSR count). The maximum absolute atomic E-state index is 12.7. The first-order chi connectivity index (χ1) is 16.6. The predicted octanol–water partition coefficient (Wildman–Crippen LogP) is 4.63. The molecule has 2 aromatic heterocycles. The van der Waals surface area contributed by atoms with E-state index in [1.807, 2.05) is 6.92 Å². The molecule has 0 spiro atoms. The van der Waals surface area contributed by atoms with E-state index < -0.39 is 0 Å². The van der Waals surface area contributed by atoms with E-state index in [4.69, 9.17) is 4.98 Å². The summed E-state index contributed by atoms with van der Waals surface area (Å²) in [6, 6.07) is 15.4. The number of thiophene rings is 1. The van der Waals surface area contributed by atoms with E-state index in [9.17, 15) is 4.79 Å². The summed E-state index contributed by atoms with van der Waals surface area (Å²) < 4.78 is 1.11. The summed E-state index contributed by atoms with van der Waals surface area (Å²) in [5.74, 6) is 0.00301. The predicted molar refractivity (Wildman–Crippen MR) is 142 cm³/mol. The lowest BCUT2D eigenvalue weighted by atomic mass is 10.0. The number of anilines is 2. The molecule has 0 aliphatic carbocycles. The number of nitrogens with one attached hydrogen (secondary N) is 3. The zero-order chi connectivity index (χ0) is 23.2. The van der Waals surface area contributed by atoms with Crippen molar-refractivity contribution in [2.75, 3.05) is 42.9 Å². The quantitative estimate of drug-likeness (QED) is 0.406. The number of pyridine rings is 1. The second-order valence-corrected chi connectivity index (χ2v) is 10.3. The summed E-state index contributed by atoms with van der Waals surface area (Å²) in [5, 5.41) is 12.2. The summed E-state index contributed by atoms with van der Waals surface area (Å²) in [6.07, 6.45) is 0.994. The Morgan fingerprint density at radius 3 is 2.79 bits per heavy atom. The van der Waals surface area contributed by atoms with Crippen molar-refractivity contribution in [2.24, 2.45) is 0 Å². The molecule has 2 aromatic carbocycles. The maximum atomic E-state index is 12.7. The lowest BCUT2D eigenvalue weighted by Crippen LogP contribution is -2.43. The molecular weight excluding hydrogens is 442 g/mol. The molecule has 1 amide bonds. The van der Waals surface area contributed by atoms with Crippen LogP contribution in [-0.4, -0.2) is 49.7 Å². The zero-order valence-corrected chi connectivity index (χ0v) is 20.4. The van der Waals surface area contributed by atoms with Crippen molar-refractivity contribution in [3.05, 3.63) is 52.9 Å². The number of benzene rings is 2. The van der Waals surface area contributed by atoms with Crippen LogP contribution in [0.25, 0.3) is 32.2 Å². The van der Waals surface area contributed by atoms with Crippen LogP contribution in [0.2, 0.25) is 0 Å². The van der Waals surface area contributed by atoms with Crippen LogP contribution in [0.1, 0.15) is 29.1 Å². The average Bonchev–Trinajstić information content (AvgIpc) is 3.20. The Morgan fingerprint density at radius 1 is 1.12 bits per heavy atom. The minimum atomic E-state index is 0.00301. The van der Waals surface area contributed by atoms with Gasteiger partial charge in [-0.2, -0.15) is 0 Å². The minimum absolute atomic E-state index is 0.00301. The Hall–Kier alpha value is -3.16. The molecule has 1 fully saturated rings. The second-order valence-electron chi connectivity index (χ2n) is 9.24. The number of fused-ring (bicyclic) bond motifs is 5. The number of piperazine rings is 1. The van der Waals surface area contributed by atoms with E-state index in [-0.39, 0.29) is 11.9 Å². The van der Waals surface area contributed by atoms with Crippen molar-refractivity contribution in [1.29, 1.82) is 0 Å². The van der Waals surface area contributed by atoms with Crippen molar-refractivity contribution >= 4 is 49.6 Å². The fourth-order valence-electron chi connectivity index (χ4n) is 5.02. The Labute approximate surface area is 203 Å². The van der Waals surface area contributed by atoms with Gasteiger partial charge in [0.25, 0.3) is 5.91 Å². The van der Waals surface area contributed by atoms with Gasteiger partial charge in [0, 0.05) is 65.5 Å². The fourth-order valence-corrected chi connectivity index (χ4v) is 6.12. The van der Waals surface area contributed by atoms with E-state index in [2.05, 4.69) is 70.2 Å². The van der Waals surface area contributed by atoms with Gasteiger partial charge in [-0.25, -0.2) is 4.98 Å². The molecular formula is C27H29N5OS. The summed E-state index contributed by atoms with van der Waals surface area (Å²) >= 11 is 1.55. The maximum Gasteiger partial charge on any atom is 0.263 e. The number of carbonyl (C=O) groups excluding carboxylic acids is 1. The standard InChI is InChI=1S/C27H29N5OS/c1-3-17-12-18(14-19(13-17)32-10-8-28-9-11-32)21-5-4-20-22(31-21)6-7-23-24(20)25-26(34-23)27(33)30-16(2)15-29-25/h4-7,12-14,16,28-29H,3,8-11,15H2,1-2H3,(H,30,33).